The van der Waals surface area contributed by atoms with Crippen LogP contribution in [0.15, 0.2) is 18.3 Å². The Balaban J connectivity index is 2.43. The first-order valence-corrected chi connectivity index (χ1v) is 6.52. The van der Waals surface area contributed by atoms with Crippen molar-refractivity contribution in [2.24, 2.45) is 0 Å². The molecular formula is C14H8ClFN4O2. The summed E-state index contributed by atoms with van der Waals surface area (Å²) in [5.41, 5.74) is 0.532. The maximum atomic E-state index is 14.1. The Morgan fingerprint density at radius 2 is 2.32 bits per heavy atom. The highest BCUT2D eigenvalue weighted by atomic mass is 35.5. The van der Waals surface area contributed by atoms with Gasteiger partial charge in [-0.05, 0) is 6.07 Å². The fourth-order valence-electron chi connectivity index (χ4n) is 2.21. The minimum atomic E-state index is -0.797. The van der Waals surface area contributed by atoms with Crippen molar-refractivity contribution in [1.29, 1.82) is 5.26 Å². The van der Waals surface area contributed by atoms with Gasteiger partial charge in [-0.3, -0.25) is 0 Å². The second-order valence-electron chi connectivity index (χ2n) is 4.41. The summed E-state index contributed by atoms with van der Waals surface area (Å²) in [4.78, 5) is 18.4. The number of fused-ring (bicyclic) bond motifs is 3. The van der Waals surface area contributed by atoms with Gasteiger partial charge in [0.25, 0.3) is 0 Å². The Hall–Kier alpha value is -2.85. The van der Waals surface area contributed by atoms with E-state index in [4.69, 9.17) is 16.3 Å². The zero-order chi connectivity index (χ0) is 15.9. The lowest BCUT2D eigenvalue weighted by Crippen LogP contribution is -2.22. The van der Waals surface area contributed by atoms with Crippen molar-refractivity contribution in [2.45, 2.75) is 0 Å². The molecular weight excluding hydrogens is 311 g/mol. The summed E-state index contributed by atoms with van der Waals surface area (Å²) in [5.74, 6) is -0.838. The maximum absolute atomic E-state index is 14.1. The zero-order valence-electron chi connectivity index (χ0n) is 11.2. The van der Waals surface area contributed by atoms with Gasteiger partial charge in [0.05, 0.1) is 16.1 Å². The molecule has 0 unspecified atom stereocenters. The van der Waals surface area contributed by atoms with Crippen molar-refractivity contribution in [3.8, 4) is 11.8 Å². The standard InChI is InChI=1S/C14H8ClFN4O2/c1-18-14(21)22-10-3-9(16)8(4-17)11-7-2-6(15)5-19-13(7)20-12(10)11/h2-3,5H,1H3,(H,18,21)(H,19,20). The number of aromatic amines is 1. The number of hydrogen-bond acceptors (Lipinski definition) is 4. The second-order valence-corrected chi connectivity index (χ2v) is 4.84. The molecule has 2 heterocycles. The number of ether oxygens (including phenoxy) is 1. The van der Waals surface area contributed by atoms with Gasteiger partial charge in [0.15, 0.2) is 5.75 Å². The van der Waals surface area contributed by atoms with Gasteiger partial charge >= 0.3 is 6.09 Å². The number of benzene rings is 1. The molecule has 1 aromatic carbocycles. The van der Waals surface area contributed by atoms with E-state index in [0.29, 0.717) is 21.6 Å². The number of amides is 1. The maximum Gasteiger partial charge on any atom is 0.412 e. The van der Waals surface area contributed by atoms with Crippen molar-refractivity contribution in [2.75, 3.05) is 7.05 Å². The smallest absolute Gasteiger partial charge is 0.408 e. The number of aromatic nitrogens is 2. The molecule has 3 rings (SSSR count). The molecule has 0 saturated heterocycles. The lowest BCUT2D eigenvalue weighted by molar-refractivity contribution is 0.203. The van der Waals surface area contributed by atoms with Gasteiger partial charge in [-0.1, -0.05) is 11.6 Å². The first-order chi connectivity index (χ1) is 10.5. The molecule has 0 radical (unpaired) electrons. The molecule has 0 bridgehead atoms. The third kappa shape index (κ3) is 2.10. The Kier molecular flexibility index (Phi) is 3.31. The van der Waals surface area contributed by atoms with E-state index in [2.05, 4.69) is 15.3 Å². The van der Waals surface area contributed by atoms with Gasteiger partial charge in [0.2, 0.25) is 0 Å². The third-order valence-electron chi connectivity index (χ3n) is 3.13. The number of carbonyl (C=O) groups is 1. The van der Waals surface area contributed by atoms with Crippen LogP contribution in [-0.2, 0) is 0 Å². The van der Waals surface area contributed by atoms with Gasteiger partial charge < -0.3 is 15.0 Å². The molecule has 0 aliphatic heterocycles. The molecule has 0 spiro atoms. The van der Waals surface area contributed by atoms with Crippen molar-refractivity contribution in [1.82, 2.24) is 15.3 Å². The minimum absolute atomic E-state index is 0.0417. The van der Waals surface area contributed by atoms with Crippen LogP contribution in [0.5, 0.6) is 5.75 Å². The summed E-state index contributed by atoms with van der Waals surface area (Å²) in [6.07, 6.45) is 0.663. The van der Waals surface area contributed by atoms with E-state index in [1.54, 1.807) is 6.07 Å². The van der Waals surface area contributed by atoms with Crippen LogP contribution >= 0.6 is 11.6 Å². The van der Waals surface area contributed by atoms with Gasteiger partial charge in [0.1, 0.15) is 17.5 Å². The summed E-state index contributed by atoms with van der Waals surface area (Å²) in [5, 5.41) is 12.6. The van der Waals surface area contributed by atoms with Crippen LogP contribution in [0, 0.1) is 17.1 Å². The number of carbonyl (C=O) groups excluding carboxylic acids is 1. The number of rotatable bonds is 1. The Bertz CT molecular complexity index is 961. The topological polar surface area (TPSA) is 90.8 Å². The zero-order valence-corrected chi connectivity index (χ0v) is 12.0. The van der Waals surface area contributed by atoms with Crippen molar-refractivity contribution < 1.29 is 13.9 Å². The fourth-order valence-corrected chi connectivity index (χ4v) is 2.37. The highest BCUT2D eigenvalue weighted by Crippen LogP contribution is 2.36. The number of H-pyrrole nitrogens is 1. The summed E-state index contributed by atoms with van der Waals surface area (Å²) < 4.78 is 19.2. The van der Waals surface area contributed by atoms with Crippen LogP contribution in [0.2, 0.25) is 5.02 Å². The predicted molar refractivity (Wildman–Crippen MR) is 78.4 cm³/mol. The number of nitriles is 1. The molecule has 22 heavy (non-hydrogen) atoms. The summed E-state index contributed by atoms with van der Waals surface area (Å²) >= 11 is 5.91. The molecule has 0 saturated carbocycles. The molecule has 6 nitrogen and oxygen atoms in total. The molecule has 0 fully saturated rings. The quantitative estimate of drug-likeness (QED) is 0.721. The molecule has 0 aliphatic carbocycles. The van der Waals surface area contributed by atoms with Gasteiger partial charge in [-0.15, -0.1) is 0 Å². The van der Waals surface area contributed by atoms with E-state index < -0.39 is 11.9 Å². The SMILES string of the molecule is CNC(=O)Oc1cc(F)c(C#N)c2c1[nH]c1ncc(Cl)cc12. The second kappa shape index (κ2) is 5.16. The molecule has 8 heteroatoms. The van der Waals surface area contributed by atoms with Crippen LogP contribution in [0.4, 0.5) is 9.18 Å². The number of pyridine rings is 1. The number of nitrogens with one attached hydrogen (secondary N) is 2. The fraction of sp³-hybridized carbons (Fsp3) is 0.0714. The van der Waals surface area contributed by atoms with Crippen molar-refractivity contribution in [3.05, 3.63) is 34.7 Å². The largest absolute Gasteiger partial charge is 0.412 e. The number of hydrogen-bond donors (Lipinski definition) is 2. The van der Waals surface area contributed by atoms with Crippen LogP contribution < -0.4 is 10.1 Å². The summed E-state index contributed by atoms with van der Waals surface area (Å²) in [6, 6.07) is 4.35. The third-order valence-corrected chi connectivity index (χ3v) is 3.34. The summed E-state index contributed by atoms with van der Waals surface area (Å²) in [6.45, 7) is 0. The van der Waals surface area contributed by atoms with Crippen LogP contribution in [0.25, 0.3) is 21.9 Å². The first kappa shape index (κ1) is 14.1. The van der Waals surface area contributed by atoms with E-state index in [1.165, 1.54) is 13.2 Å². The minimum Gasteiger partial charge on any atom is -0.408 e. The Morgan fingerprint density at radius 1 is 1.55 bits per heavy atom. The number of nitrogens with zero attached hydrogens (tertiary/aromatic N) is 2. The lowest BCUT2D eigenvalue weighted by Gasteiger charge is -2.06. The highest BCUT2D eigenvalue weighted by Gasteiger charge is 2.20. The van der Waals surface area contributed by atoms with Gasteiger partial charge in [0, 0.05) is 30.1 Å². The lowest BCUT2D eigenvalue weighted by atomic mass is 10.1. The Morgan fingerprint density at radius 3 is 3.00 bits per heavy atom. The molecule has 0 aliphatic rings. The van der Waals surface area contributed by atoms with Crippen LogP contribution in [-0.4, -0.2) is 23.1 Å². The Labute approximate surface area is 128 Å². The predicted octanol–water partition coefficient (Wildman–Crippen LogP) is 3.10. The number of halogens is 2. The van der Waals surface area contributed by atoms with Crippen LogP contribution in [0.1, 0.15) is 5.56 Å². The van der Waals surface area contributed by atoms with E-state index in [1.807, 2.05) is 6.07 Å². The highest BCUT2D eigenvalue weighted by molar-refractivity contribution is 6.31. The average molecular weight is 319 g/mol. The molecule has 2 N–H and O–H groups in total. The summed E-state index contributed by atoms with van der Waals surface area (Å²) in [7, 11) is 1.38. The van der Waals surface area contributed by atoms with Gasteiger partial charge in [-0.2, -0.15) is 5.26 Å². The van der Waals surface area contributed by atoms with E-state index in [9.17, 15) is 14.4 Å². The van der Waals surface area contributed by atoms with Gasteiger partial charge in [-0.25, -0.2) is 14.2 Å². The van der Waals surface area contributed by atoms with E-state index >= 15 is 0 Å². The van der Waals surface area contributed by atoms with Crippen molar-refractivity contribution in [3.63, 3.8) is 0 Å². The average Bonchev–Trinajstić information content (AvgIpc) is 2.86. The molecule has 110 valence electrons. The van der Waals surface area contributed by atoms with Crippen molar-refractivity contribution >= 4 is 39.6 Å². The monoisotopic (exact) mass is 318 g/mol. The normalized spacial score (nSPS) is 10.6. The first-order valence-electron chi connectivity index (χ1n) is 6.14. The van der Waals surface area contributed by atoms with E-state index in [0.717, 1.165) is 6.07 Å². The molecule has 1 amide bonds. The molecule has 2 aromatic heterocycles. The van der Waals surface area contributed by atoms with E-state index in [-0.39, 0.29) is 16.7 Å². The molecule has 0 atom stereocenters. The van der Waals surface area contributed by atoms with Crippen LogP contribution in [0.3, 0.4) is 0 Å². The molecule has 3 aromatic rings.